The van der Waals surface area contributed by atoms with Gasteiger partial charge in [-0.15, -0.1) is 5.10 Å². The smallest absolute Gasteiger partial charge is 0.232 e. The van der Waals surface area contributed by atoms with Crippen LogP contribution in [0.5, 0.6) is 0 Å². The first-order valence-electron chi connectivity index (χ1n) is 10.4. The Morgan fingerprint density at radius 2 is 1.80 bits per heavy atom. The molecule has 0 saturated heterocycles. The molecule has 3 aromatic heterocycles. The summed E-state index contributed by atoms with van der Waals surface area (Å²) < 4.78 is 1.97. The Kier molecular flexibility index (Phi) is 5.90. The molecule has 10 heteroatoms. The van der Waals surface area contributed by atoms with E-state index in [1.807, 2.05) is 24.3 Å². The van der Waals surface area contributed by atoms with E-state index in [1.165, 1.54) is 4.52 Å². The molecule has 5 rings (SSSR count). The lowest BCUT2D eigenvalue weighted by atomic mass is 10.1. The third-order valence-corrected chi connectivity index (χ3v) is 5.96. The Morgan fingerprint density at radius 3 is 2.57 bits per heavy atom. The molecular weight excluding hydrogens is 508 g/mol. The molecule has 2 N–H and O–H groups in total. The number of benzene rings is 2. The van der Waals surface area contributed by atoms with Crippen LogP contribution in [-0.2, 0) is 0 Å². The fourth-order valence-corrected chi connectivity index (χ4v) is 4.11. The number of nitriles is 2. The zero-order chi connectivity index (χ0) is 24.4. The molecule has 2 aromatic carbocycles. The molecule has 0 radical (unpaired) electrons. The predicted octanol–water partition coefficient (Wildman–Crippen LogP) is 4.52. The molecule has 0 saturated carbocycles. The van der Waals surface area contributed by atoms with Crippen LogP contribution in [0.3, 0.4) is 0 Å². The van der Waals surface area contributed by atoms with Gasteiger partial charge in [-0.05, 0) is 45.8 Å². The lowest BCUT2D eigenvalue weighted by Crippen LogP contribution is -2.08. The molecule has 168 valence electrons. The minimum absolute atomic E-state index is 0.172. The Balaban J connectivity index is 1.72. The molecular formula is C25H15BrN8O. The zero-order valence-electron chi connectivity index (χ0n) is 18.0. The lowest BCUT2D eigenvalue weighted by molar-refractivity contribution is 0.210. The van der Waals surface area contributed by atoms with Gasteiger partial charge in [0.1, 0.15) is 12.2 Å². The summed E-state index contributed by atoms with van der Waals surface area (Å²) in [6.07, 6.45) is 0.494. The first kappa shape index (κ1) is 22.2. The minimum Gasteiger partial charge on any atom is -0.380 e. The number of hydrogen-bond acceptors (Lipinski definition) is 8. The second-order valence-corrected chi connectivity index (χ2v) is 8.24. The van der Waals surface area contributed by atoms with E-state index in [-0.39, 0.29) is 11.8 Å². The number of pyridine rings is 1. The number of aromatic nitrogens is 5. The fraction of sp³-hybridized carbons (Fsp3) is 0.0400. The first-order chi connectivity index (χ1) is 17.1. The van der Waals surface area contributed by atoms with E-state index in [9.17, 15) is 15.6 Å². The van der Waals surface area contributed by atoms with E-state index in [4.69, 9.17) is 4.98 Å². The normalized spacial score (nSPS) is 11.5. The van der Waals surface area contributed by atoms with E-state index in [2.05, 4.69) is 48.5 Å². The van der Waals surface area contributed by atoms with Gasteiger partial charge in [0.15, 0.2) is 17.3 Å². The van der Waals surface area contributed by atoms with Crippen molar-refractivity contribution in [2.75, 3.05) is 5.32 Å². The number of rotatable bonds is 5. The Hall–Kier alpha value is -4.64. The van der Waals surface area contributed by atoms with Crippen molar-refractivity contribution in [2.24, 2.45) is 0 Å². The largest absolute Gasteiger partial charge is 0.380 e. The van der Waals surface area contributed by atoms with Gasteiger partial charge < -0.3 is 10.4 Å². The predicted molar refractivity (Wildman–Crippen MR) is 131 cm³/mol. The molecule has 0 fully saturated rings. The average Bonchev–Trinajstić information content (AvgIpc) is 3.37. The minimum atomic E-state index is -1.06. The van der Waals surface area contributed by atoms with Crippen molar-refractivity contribution in [1.29, 1.82) is 10.5 Å². The summed E-state index contributed by atoms with van der Waals surface area (Å²) >= 11 is 3.59. The van der Waals surface area contributed by atoms with Gasteiger partial charge in [0.25, 0.3) is 0 Å². The first-order valence-corrected chi connectivity index (χ1v) is 11.2. The maximum Gasteiger partial charge on any atom is 0.232 e. The molecule has 35 heavy (non-hydrogen) atoms. The van der Waals surface area contributed by atoms with Crippen LogP contribution in [0.25, 0.3) is 16.9 Å². The summed E-state index contributed by atoms with van der Waals surface area (Å²) in [5, 5.41) is 37.3. The van der Waals surface area contributed by atoms with Gasteiger partial charge in [-0.1, -0.05) is 42.5 Å². The second-order valence-electron chi connectivity index (χ2n) is 7.45. The van der Waals surface area contributed by atoms with Crippen LogP contribution in [0.2, 0.25) is 0 Å². The summed E-state index contributed by atoms with van der Waals surface area (Å²) in [4.78, 5) is 13.6. The van der Waals surface area contributed by atoms with Crippen LogP contribution in [0, 0.1) is 22.7 Å². The number of anilines is 2. The maximum absolute atomic E-state index is 10.9. The van der Waals surface area contributed by atoms with Crippen molar-refractivity contribution in [3.63, 3.8) is 0 Å². The highest BCUT2D eigenvalue weighted by molar-refractivity contribution is 9.10. The average molecular weight is 523 g/mol. The van der Waals surface area contributed by atoms with E-state index in [1.54, 1.807) is 48.7 Å². The van der Waals surface area contributed by atoms with Crippen molar-refractivity contribution in [3.8, 4) is 23.4 Å². The molecule has 5 aromatic rings. The van der Waals surface area contributed by atoms with Gasteiger partial charge in [0.05, 0.1) is 27.4 Å². The number of aliphatic hydroxyl groups is 1. The highest BCUT2D eigenvalue weighted by Crippen LogP contribution is 2.33. The maximum atomic E-state index is 10.9. The molecule has 0 bridgehead atoms. The van der Waals surface area contributed by atoms with Crippen LogP contribution in [-0.4, -0.2) is 29.7 Å². The second kappa shape index (κ2) is 9.31. The highest BCUT2D eigenvalue weighted by atomic mass is 79.9. The molecule has 0 aliphatic carbocycles. The SMILES string of the molecule is N#Cc1cccc(-c2nc(Nc3ncccc3C#N)n3nc(C(O)c4ccccc4)nc3c2Br)c1. The van der Waals surface area contributed by atoms with Gasteiger partial charge in [0, 0.05) is 11.8 Å². The van der Waals surface area contributed by atoms with Crippen molar-refractivity contribution < 1.29 is 5.11 Å². The third-order valence-electron chi connectivity index (χ3n) is 5.23. The number of nitrogens with zero attached hydrogens (tertiary/aromatic N) is 7. The number of aliphatic hydroxyl groups excluding tert-OH is 1. The van der Waals surface area contributed by atoms with Crippen LogP contribution >= 0.6 is 15.9 Å². The van der Waals surface area contributed by atoms with Gasteiger partial charge in [-0.3, -0.25) is 0 Å². The number of nitrogens with one attached hydrogen (secondary N) is 1. The van der Waals surface area contributed by atoms with Gasteiger partial charge in [0.2, 0.25) is 5.95 Å². The number of fused-ring (bicyclic) bond motifs is 1. The zero-order valence-corrected chi connectivity index (χ0v) is 19.5. The van der Waals surface area contributed by atoms with Crippen molar-refractivity contribution in [3.05, 3.63) is 99.9 Å². The molecule has 0 spiro atoms. The molecule has 0 amide bonds. The highest BCUT2D eigenvalue weighted by Gasteiger charge is 2.23. The molecule has 0 aliphatic heterocycles. The standard InChI is InChI=1S/C25H15BrN8O/c26-19-20(17-9-4-6-15(12-17)13-27)30-25(32-22-18(14-28)10-5-11-29-22)34-24(19)31-23(33-34)21(35)16-7-2-1-3-8-16/h1-12,21,35H,(H,29,30,32). The van der Waals surface area contributed by atoms with Crippen LogP contribution in [0.4, 0.5) is 11.8 Å². The Morgan fingerprint density at radius 1 is 0.971 bits per heavy atom. The number of halogens is 1. The molecule has 1 atom stereocenters. The summed E-state index contributed by atoms with van der Waals surface area (Å²) in [5.74, 6) is 0.699. The third kappa shape index (κ3) is 4.20. The number of hydrogen-bond donors (Lipinski definition) is 2. The molecule has 0 aliphatic rings. The summed E-state index contributed by atoms with van der Waals surface area (Å²) in [6.45, 7) is 0. The Labute approximate surface area is 208 Å². The van der Waals surface area contributed by atoms with Gasteiger partial charge >= 0.3 is 0 Å². The van der Waals surface area contributed by atoms with E-state index >= 15 is 0 Å². The lowest BCUT2D eigenvalue weighted by Gasteiger charge is -2.12. The monoisotopic (exact) mass is 522 g/mol. The molecule has 3 heterocycles. The van der Waals surface area contributed by atoms with Crippen LogP contribution in [0.15, 0.2) is 77.4 Å². The summed E-state index contributed by atoms with van der Waals surface area (Å²) in [7, 11) is 0. The van der Waals surface area contributed by atoms with E-state index in [0.29, 0.717) is 43.9 Å². The van der Waals surface area contributed by atoms with Gasteiger partial charge in [-0.2, -0.15) is 15.0 Å². The van der Waals surface area contributed by atoms with Crippen molar-refractivity contribution in [1.82, 2.24) is 24.6 Å². The van der Waals surface area contributed by atoms with E-state index < -0.39 is 6.10 Å². The summed E-state index contributed by atoms with van der Waals surface area (Å²) in [6, 6.07) is 23.6. The topological polar surface area (TPSA) is 136 Å². The molecule has 1 unspecified atom stereocenters. The van der Waals surface area contributed by atoms with Gasteiger partial charge in [-0.25, -0.2) is 15.0 Å². The van der Waals surface area contributed by atoms with Crippen molar-refractivity contribution in [2.45, 2.75) is 6.10 Å². The van der Waals surface area contributed by atoms with E-state index in [0.717, 1.165) is 0 Å². The van der Waals surface area contributed by atoms with Crippen molar-refractivity contribution >= 4 is 33.3 Å². The quantitative estimate of drug-likeness (QED) is 0.343. The fourth-order valence-electron chi connectivity index (χ4n) is 3.54. The molecule has 9 nitrogen and oxygen atoms in total. The Bertz CT molecular complexity index is 1640. The van der Waals surface area contributed by atoms with Crippen LogP contribution < -0.4 is 5.32 Å². The summed E-state index contributed by atoms with van der Waals surface area (Å²) in [5.41, 5.74) is 3.00. The van der Waals surface area contributed by atoms with Crippen LogP contribution in [0.1, 0.15) is 28.6 Å².